The average molecular weight is 388 g/mol. The molecule has 3 nitrogen and oxygen atoms in total. The molecule has 1 aliphatic heterocycles. The standard InChI is InChI=1S/C25H25FN2O/c1-19-7-5-6-10-23(19)25(29)28-17-15-27(16-18-28)24(20-8-3-2-4-9-20)21-11-13-22(26)14-12-21/h2-14,24H,15-18H2,1H3. The summed E-state index contributed by atoms with van der Waals surface area (Å²) in [5.41, 5.74) is 4.03. The van der Waals surface area contributed by atoms with E-state index in [9.17, 15) is 9.18 Å². The number of nitrogens with zero attached hydrogens (tertiary/aromatic N) is 2. The van der Waals surface area contributed by atoms with Crippen LogP contribution in [0.3, 0.4) is 0 Å². The number of amides is 1. The Labute approximate surface area is 171 Å². The van der Waals surface area contributed by atoms with Gasteiger partial charge in [0.1, 0.15) is 5.82 Å². The van der Waals surface area contributed by atoms with Gasteiger partial charge >= 0.3 is 0 Å². The van der Waals surface area contributed by atoms with Crippen LogP contribution in [-0.2, 0) is 0 Å². The van der Waals surface area contributed by atoms with Crippen molar-refractivity contribution in [2.45, 2.75) is 13.0 Å². The van der Waals surface area contributed by atoms with E-state index < -0.39 is 0 Å². The lowest BCUT2D eigenvalue weighted by atomic mass is 9.96. The van der Waals surface area contributed by atoms with Gasteiger partial charge in [-0.25, -0.2) is 4.39 Å². The molecule has 1 aliphatic rings. The van der Waals surface area contributed by atoms with Crippen LogP contribution in [-0.4, -0.2) is 41.9 Å². The monoisotopic (exact) mass is 388 g/mol. The Kier molecular flexibility index (Phi) is 5.72. The van der Waals surface area contributed by atoms with E-state index in [4.69, 9.17) is 0 Å². The van der Waals surface area contributed by atoms with Crippen LogP contribution in [0, 0.1) is 12.7 Å². The average Bonchev–Trinajstić information content (AvgIpc) is 2.76. The maximum atomic E-state index is 13.5. The summed E-state index contributed by atoms with van der Waals surface area (Å²) in [5, 5.41) is 0. The Hall–Kier alpha value is -2.98. The predicted molar refractivity (Wildman–Crippen MR) is 113 cm³/mol. The number of carbonyl (C=O) groups is 1. The second kappa shape index (κ2) is 8.58. The van der Waals surface area contributed by atoms with Gasteiger partial charge in [-0.05, 0) is 41.8 Å². The molecule has 0 saturated carbocycles. The minimum absolute atomic E-state index is 0.0486. The molecule has 0 aliphatic carbocycles. The third-order valence-electron chi connectivity index (χ3n) is 5.64. The smallest absolute Gasteiger partial charge is 0.254 e. The van der Waals surface area contributed by atoms with Gasteiger partial charge in [-0.3, -0.25) is 9.69 Å². The highest BCUT2D eigenvalue weighted by Crippen LogP contribution is 2.30. The maximum absolute atomic E-state index is 13.5. The minimum atomic E-state index is -0.228. The molecule has 1 unspecified atom stereocenters. The number of halogens is 1. The van der Waals surface area contributed by atoms with E-state index in [-0.39, 0.29) is 17.8 Å². The Morgan fingerprint density at radius 3 is 2.03 bits per heavy atom. The molecule has 0 spiro atoms. The van der Waals surface area contributed by atoms with Crippen LogP contribution in [0.1, 0.15) is 33.1 Å². The molecule has 0 radical (unpaired) electrons. The molecule has 148 valence electrons. The minimum Gasteiger partial charge on any atom is -0.336 e. The van der Waals surface area contributed by atoms with Crippen LogP contribution in [0.2, 0.25) is 0 Å². The largest absolute Gasteiger partial charge is 0.336 e. The first kappa shape index (κ1) is 19.3. The van der Waals surface area contributed by atoms with E-state index in [0.717, 1.165) is 29.8 Å². The number of hydrogen-bond acceptors (Lipinski definition) is 2. The number of benzene rings is 3. The molecule has 0 N–H and O–H groups in total. The number of carbonyl (C=O) groups excluding carboxylic acids is 1. The summed E-state index contributed by atoms with van der Waals surface area (Å²) >= 11 is 0. The molecular weight excluding hydrogens is 363 g/mol. The fourth-order valence-electron chi connectivity index (χ4n) is 4.06. The van der Waals surface area contributed by atoms with Crippen molar-refractivity contribution in [1.29, 1.82) is 0 Å². The van der Waals surface area contributed by atoms with E-state index in [1.165, 1.54) is 17.7 Å². The zero-order valence-electron chi connectivity index (χ0n) is 16.6. The van der Waals surface area contributed by atoms with Crippen LogP contribution in [0.5, 0.6) is 0 Å². The number of aryl methyl sites for hydroxylation is 1. The first-order valence-electron chi connectivity index (χ1n) is 10.0. The van der Waals surface area contributed by atoms with Crippen molar-refractivity contribution in [3.63, 3.8) is 0 Å². The Bertz CT molecular complexity index is 964. The summed E-state index contributed by atoms with van der Waals surface area (Å²) in [4.78, 5) is 17.3. The molecule has 0 aromatic heterocycles. The van der Waals surface area contributed by atoms with Crippen molar-refractivity contribution >= 4 is 5.91 Å². The first-order chi connectivity index (χ1) is 14.1. The van der Waals surface area contributed by atoms with Gasteiger partial charge in [0.25, 0.3) is 5.91 Å². The summed E-state index contributed by atoms with van der Waals surface area (Å²) in [6.07, 6.45) is 0. The first-order valence-corrected chi connectivity index (χ1v) is 10.0. The van der Waals surface area contributed by atoms with Gasteiger partial charge in [-0.1, -0.05) is 60.7 Å². The van der Waals surface area contributed by atoms with E-state index in [1.54, 1.807) is 0 Å². The van der Waals surface area contributed by atoms with E-state index in [2.05, 4.69) is 17.0 Å². The lowest BCUT2D eigenvalue weighted by molar-refractivity contribution is 0.0596. The van der Waals surface area contributed by atoms with Crippen molar-refractivity contribution in [2.75, 3.05) is 26.2 Å². The van der Waals surface area contributed by atoms with Crippen molar-refractivity contribution < 1.29 is 9.18 Å². The second-order valence-electron chi connectivity index (χ2n) is 7.51. The quantitative estimate of drug-likeness (QED) is 0.648. The van der Waals surface area contributed by atoms with Gasteiger partial charge in [0.2, 0.25) is 0 Å². The van der Waals surface area contributed by atoms with Gasteiger partial charge in [-0.15, -0.1) is 0 Å². The Morgan fingerprint density at radius 2 is 1.38 bits per heavy atom. The SMILES string of the molecule is Cc1ccccc1C(=O)N1CCN(C(c2ccccc2)c2ccc(F)cc2)CC1. The third kappa shape index (κ3) is 4.22. The molecule has 1 amide bonds. The fraction of sp³-hybridized carbons (Fsp3) is 0.240. The van der Waals surface area contributed by atoms with Crippen molar-refractivity contribution in [3.8, 4) is 0 Å². The van der Waals surface area contributed by atoms with Crippen LogP contribution in [0.25, 0.3) is 0 Å². The summed E-state index contributed by atoms with van der Waals surface area (Å²) in [5.74, 6) is -0.130. The highest BCUT2D eigenvalue weighted by molar-refractivity contribution is 5.95. The molecule has 1 atom stereocenters. The molecular formula is C25H25FN2O. The summed E-state index contributed by atoms with van der Waals surface area (Å²) < 4.78 is 13.5. The zero-order valence-corrected chi connectivity index (χ0v) is 16.6. The molecule has 3 aromatic rings. The van der Waals surface area contributed by atoms with Gasteiger partial charge in [-0.2, -0.15) is 0 Å². The van der Waals surface area contributed by atoms with E-state index in [1.807, 2.05) is 66.4 Å². The lowest BCUT2D eigenvalue weighted by Gasteiger charge is -2.40. The normalized spacial score (nSPS) is 15.9. The maximum Gasteiger partial charge on any atom is 0.254 e. The number of rotatable bonds is 4. The Morgan fingerprint density at radius 1 is 0.793 bits per heavy atom. The van der Waals surface area contributed by atoms with Gasteiger partial charge in [0.15, 0.2) is 0 Å². The third-order valence-corrected chi connectivity index (χ3v) is 5.64. The molecule has 4 rings (SSSR count). The van der Waals surface area contributed by atoms with E-state index >= 15 is 0 Å². The van der Waals surface area contributed by atoms with Crippen molar-refractivity contribution in [2.24, 2.45) is 0 Å². The number of piperazine rings is 1. The lowest BCUT2D eigenvalue weighted by Crippen LogP contribution is -2.50. The molecule has 29 heavy (non-hydrogen) atoms. The van der Waals surface area contributed by atoms with Crippen LogP contribution < -0.4 is 0 Å². The summed E-state index contributed by atoms with van der Waals surface area (Å²) in [6, 6.07) is 24.8. The van der Waals surface area contributed by atoms with Gasteiger partial charge in [0.05, 0.1) is 6.04 Å². The molecule has 1 heterocycles. The summed E-state index contributed by atoms with van der Waals surface area (Å²) in [6.45, 7) is 4.88. The van der Waals surface area contributed by atoms with E-state index in [0.29, 0.717) is 13.1 Å². The molecule has 1 fully saturated rings. The molecule has 0 bridgehead atoms. The molecule has 3 aromatic carbocycles. The van der Waals surface area contributed by atoms with Gasteiger partial charge < -0.3 is 4.90 Å². The fourth-order valence-corrected chi connectivity index (χ4v) is 4.06. The Balaban J connectivity index is 1.53. The topological polar surface area (TPSA) is 23.6 Å². The second-order valence-corrected chi connectivity index (χ2v) is 7.51. The van der Waals surface area contributed by atoms with Gasteiger partial charge in [0, 0.05) is 31.7 Å². The van der Waals surface area contributed by atoms with Crippen LogP contribution in [0.15, 0.2) is 78.9 Å². The van der Waals surface area contributed by atoms with Crippen LogP contribution in [0.4, 0.5) is 4.39 Å². The van der Waals surface area contributed by atoms with Crippen molar-refractivity contribution in [3.05, 3.63) is 107 Å². The zero-order chi connectivity index (χ0) is 20.2. The molecule has 1 saturated heterocycles. The molecule has 4 heteroatoms. The predicted octanol–water partition coefficient (Wildman–Crippen LogP) is 4.68. The highest BCUT2D eigenvalue weighted by Gasteiger charge is 2.28. The summed E-state index contributed by atoms with van der Waals surface area (Å²) in [7, 11) is 0. The highest BCUT2D eigenvalue weighted by atomic mass is 19.1. The van der Waals surface area contributed by atoms with Crippen LogP contribution >= 0.6 is 0 Å². The number of hydrogen-bond donors (Lipinski definition) is 0. The van der Waals surface area contributed by atoms with Crippen molar-refractivity contribution in [1.82, 2.24) is 9.80 Å².